The monoisotopic (exact) mass is 258 g/mol. The SMILES string of the molecule is CCC(CCO)NC(=O)Nc1c(F)cccc1F. The Morgan fingerprint density at radius 1 is 1.39 bits per heavy atom. The van der Waals surface area contributed by atoms with Crippen LogP contribution < -0.4 is 10.6 Å². The number of anilines is 1. The van der Waals surface area contributed by atoms with Gasteiger partial charge in [0, 0.05) is 12.6 Å². The zero-order valence-electron chi connectivity index (χ0n) is 10.0. The summed E-state index contributed by atoms with van der Waals surface area (Å²) in [6.07, 6.45) is 1.01. The van der Waals surface area contributed by atoms with Gasteiger partial charge in [-0.2, -0.15) is 0 Å². The minimum Gasteiger partial charge on any atom is -0.396 e. The Morgan fingerprint density at radius 2 is 2.00 bits per heavy atom. The Labute approximate surface area is 104 Å². The summed E-state index contributed by atoms with van der Waals surface area (Å²) in [7, 11) is 0. The number of para-hydroxylation sites is 1. The zero-order chi connectivity index (χ0) is 13.5. The van der Waals surface area contributed by atoms with Crippen molar-refractivity contribution in [1.29, 1.82) is 0 Å². The number of nitrogens with one attached hydrogen (secondary N) is 2. The molecule has 18 heavy (non-hydrogen) atoms. The van der Waals surface area contributed by atoms with Crippen molar-refractivity contribution in [3.63, 3.8) is 0 Å². The molecule has 1 unspecified atom stereocenters. The Morgan fingerprint density at radius 3 is 2.50 bits per heavy atom. The average Bonchev–Trinajstić information content (AvgIpc) is 2.33. The maximum atomic E-state index is 13.3. The second-order valence-electron chi connectivity index (χ2n) is 3.81. The minimum atomic E-state index is -0.833. The van der Waals surface area contributed by atoms with Crippen molar-refractivity contribution in [1.82, 2.24) is 5.32 Å². The largest absolute Gasteiger partial charge is 0.396 e. The van der Waals surface area contributed by atoms with Crippen LogP contribution >= 0.6 is 0 Å². The molecule has 0 aliphatic rings. The number of hydrogen-bond acceptors (Lipinski definition) is 2. The van der Waals surface area contributed by atoms with Gasteiger partial charge in [-0.15, -0.1) is 0 Å². The Kier molecular flexibility index (Phi) is 5.51. The number of urea groups is 1. The molecule has 0 aliphatic heterocycles. The third kappa shape index (κ3) is 3.96. The van der Waals surface area contributed by atoms with Gasteiger partial charge in [-0.05, 0) is 25.0 Å². The highest BCUT2D eigenvalue weighted by atomic mass is 19.1. The van der Waals surface area contributed by atoms with Crippen LogP contribution in [0.4, 0.5) is 19.3 Å². The molecule has 3 N–H and O–H groups in total. The molecule has 0 radical (unpaired) electrons. The van der Waals surface area contributed by atoms with Gasteiger partial charge in [-0.1, -0.05) is 13.0 Å². The normalized spacial score (nSPS) is 12.0. The number of benzene rings is 1. The lowest BCUT2D eigenvalue weighted by Gasteiger charge is -2.16. The van der Waals surface area contributed by atoms with Crippen molar-refractivity contribution in [3.05, 3.63) is 29.8 Å². The fourth-order valence-corrected chi connectivity index (χ4v) is 1.49. The molecule has 0 aromatic heterocycles. The van der Waals surface area contributed by atoms with Crippen LogP contribution in [0.1, 0.15) is 19.8 Å². The zero-order valence-corrected chi connectivity index (χ0v) is 10.0. The van der Waals surface area contributed by atoms with Crippen LogP contribution in [0.15, 0.2) is 18.2 Å². The van der Waals surface area contributed by atoms with Crippen LogP contribution in [0, 0.1) is 11.6 Å². The molecule has 0 saturated carbocycles. The first-order valence-electron chi connectivity index (χ1n) is 5.70. The number of aliphatic hydroxyl groups is 1. The molecular formula is C12H16F2N2O2. The predicted molar refractivity (Wildman–Crippen MR) is 64.3 cm³/mol. The lowest BCUT2D eigenvalue weighted by molar-refractivity contribution is 0.237. The summed E-state index contributed by atoms with van der Waals surface area (Å²) in [5, 5.41) is 13.4. The van der Waals surface area contributed by atoms with Gasteiger partial charge in [0.2, 0.25) is 0 Å². The molecule has 4 nitrogen and oxygen atoms in total. The van der Waals surface area contributed by atoms with E-state index in [2.05, 4.69) is 10.6 Å². The van der Waals surface area contributed by atoms with Gasteiger partial charge in [0.15, 0.2) is 0 Å². The summed E-state index contributed by atoms with van der Waals surface area (Å²) in [5.74, 6) is -1.67. The van der Waals surface area contributed by atoms with Crippen molar-refractivity contribution < 1.29 is 18.7 Å². The molecule has 0 spiro atoms. The third-order valence-electron chi connectivity index (χ3n) is 2.51. The van der Waals surface area contributed by atoms with Crippen molar-refractivity contribution in [2.45, 2.75) is 25.8 Å². The van der Waals surface area contributed by atoms with Crippen LogP contribution in [-0.4, -0.2) is 23.8 Å². The quantitative estimate of drug-likeness (QED) is 0.758. The van der Waals surface area contributed by atoms with Crippen molar-refractivity contribution >= 4 is 11.7 Å². The van der Waals surface area contributed by atoms with Gasteiger partial charge in [-0.25, -0.2) is 13.6 Å². The van der Waals surface area contributed by atoms with Crippen molar-refractivity contribution in [2.24, 2.45) is 0 Å². The first-order chi connectivity index (χ1) is 8.58. The predicted octanol–water partition coefficient (Wildman–Crippen LogP) is 2.25. The molecule has 0 fully saturated rings. The molecule has 0 saturated heterocycles. The number of carbonyl (C=O) groups is 1. The van der Waals surface area contributed by atoms with Gasteiger partial charge < -0.3 is 15.7 Å². The number of hydrogen-bond donors (Lipinski definition) is 3. The Balaban J connectivity index is 2.64. The van der Waals surface area contributed by atoms with Gasteiger partial charge in [0.05, 0.1) is 0 Å². The van der Waals surface area contributed by atoms with E-state index in [-0.39, 0.29) is 12.6 Å². The second kappa shape index (κ2) is 6.90. The third-order valence-corrected chi connectivity index (χ3v) is 2.51. The number of rotatable bonds is 5. The molecule has 1 rings (SSSR count). The topological polar surface area (TPSA) is 61.4 Å². The van der Waals surface area contributed by atoms with Crippen molar-refractivity contribution in [2.75, 3.05) is 11.9 Å². The number of amides is 2. The Bertz CT molecular complexity index is 393. The Hall–Kier alpha value is -1.69. The standard InChI is InChI=1S/C12H16F2N2O2/c1-2-8(6-7-17)15-12(18)16-11-9(13)4-3-5-10(11)14/h3-5,8,17H,2,6-7H2,1H3,(H2,15,16,18). The fourth-order valence-electron chi connectivity index (χ4n) is 1.49. The fraction of sp³-hybridized carbons (Fsp3) is 0.417. The lowest BCUT2D eigenvalue weighted by atomic mass is 10.2. The number of halogens is 2. The summed E-state index contributed by atoms with van der Waals surface area (Å²) in [5.41, 5.74) is -0.478. The molecule has 0 heterocycles. The van der Waals surface area contributed by atoms with E-state index in [0.29, 0.717) is 12.8 Å². The summed E-state index contributed by atoms with van der Waals surface area (Å²) in [6.45, 7) is 1.77. The number of aliphatic hydroxyl groups excluding tert-OH is 1. The van der Waals surface area contributed by atoms with Gasteiger partial charge >= 0.3 is 6.03 Å². The molecule has 0 aliphatic carbocycles. The lowest BCUT2D eigenvalue weighted by Crippen LogP contribution is -2.38. The van der Waals surface area contributed by atoms with Crippen LogP contribution in [-0.2, 0) is 0 Å². The summed E-state index contributed by atoms with van der Waals surface area (Å²) < 4.78 is 26.5. The highest BCUT2D eigenvalue weighted by molar-refractivity contribution is 5.89. The van der Waals surface area contributed by atoms with E-state index in [1.54, 1.807) is 0 Å². The van der Waals surface area contributed by atoms with E-state index >= 15 is 0 Å². The maximum Gasteiger partial charge on any atom is 0.319 e. The minimum absolute atomic E-state index is 0.0627. The highest BCUT2D eigenvalue weighted by Gasteiger charge is 2.14. The second-order valence-corrected chi connectivity index (χ2v) is 3.81. The van der Waals surface area contributed by atoms with Gasteiger partial charge in [-0.3, -0.25) is 0 Å². The van der Waals surface area contributed by atoms with Crippen LogP contribution in [0.5, 0.6) is 0 Å². The molecular weight excluding hydrogens is 242 g/mol. The van der Waals surface area contributed by atoms with E-state index in [9.17, 15) is 13.6 Å². The maximum absolute atomic E-state index is 13.3. The van der Waals surface area contributed by atoms with E-state index in [1.165, 1.54) is 6.07 Å². The van der Waals surface area contributed by atoms with Crippen LogP contribution in [0.25, 0.3) is 0 Å². The summed E-state index contributed by atoms with van der Waals surface area (Å²) >= 11 is 0. The summed E-state index contributed by atoms with van der Waals surface area (Å²) in [4.78, 5) is 11.5. The highest BCUT2D eigenvalue weighted by Crippen LogP contribution is 2.17. The molecule has 1 aromatic carbocycles. The van der Waals surface area contributed by atoms with Crippen LogP contribution in [0.2, 0.25) is 0 Å². The number of carbonyl (C=O) groups excluding carboxylic acids is 1. The summed E-state index contributed by atoms with van der Waals surface area (Å²) in [6, 6.07) is 2.41. The molecule has 1 aromatic rings. The first-order valence-corrected chi connectivity index (χ1v) is 5.70. The van der Waals surface area contributed by atoms with E-state index in [4.69, 9.17) is 5.11 Å². The molecule has 100 valence electrons. The molecule has 6 heteroatoms. The van der Waals surface area contributed by atoms with Gasteiger partial charge in [0.25, 0.3) is 0 Å². The van der Waals surface area contributed by atoms with E-state index < -0.39 is 23.4 Å². The van der Waals surface area contributed by atoms with Gasteiger partial charge in [0.1, 0.15) is 17.3 Å². The first kappa shape index (κ1) is 14.4. The smallest absolute Gasteiger partial charge is 0.319 e. The van der Waals surface area contributed by atoms with Crippen molar-refractivity contribution in [3.8, 4) is 0 Å². The molecule has 0 bridgehead atoms. The van der Waals surface area contributed by atoms with E-state index in [1.807, 2.05) is 6.92 Å². The molecule has 1 atom stereocenters. The average molecular weight is 258 g/mol. The molecule has 2 amide bonds. The van der Waals surface area contributed by atoms with Crippen LogP contribution in [0.3, 0.4) is 0 Å². The van der Waals surface area contributed by atoms with E-state index in [0.717, 1.165) is 12.1 Å².